The number of nitrogens with one attached hydrogen (secondary N) is 1. The van der Waals surface area contributed by atoms with Crippen molar-refractivity contribution in [2.24, 2.45) is 0 Å². The Hall–Kier alpha value is -1.54. The highest BCUT2D eigenvalue weighted by Gasteiger charge is 2.27. The number of carbonyl (C=O) groups excluding carboxylic acids is 1. The fourth-order valence-corrected chi connectivity index (χ4v) is 9.02. The van der Waals surface area contributed by atoms with Gasteiger partial charge in [-0.15, -0.1) is 0 Å². The molecule has 0 aliphatic rings. The Balaban J connectivity index is 4.00. The van der Waals surface area contributed by atoms with Gasteiger partial charge in [0.2, 0.25) is 5.91 Å². The smallest absolute Gasteiger partial charge is 0.387 e. The third kappa shape index (κ3) is 52.1. The standard InChI is InChI=1S/C58H111N2O6P/c1-6-8-10-12-14-16-18-20-21-22-23-24-25-26-27-28-29-30-31-32-33-34-35-36-37-38-39-40-42-44-46-48-50-52-58(62)59-56(55-66-67(63,64)65-54-53-60(3,4)5)57(61)51-49-47-45-43-41-19-17-15-13-11-9-7-2/h18,20,22-23,25-26,49,51,56-57,61H,6-17,19,21,24,27-48,50,52-55H2,1-5H3,(H-,59,62,63,64)/p+1/b20-18-,23-22-,26-25-,51-49+. The fraction of sp³-hybridized carbons (Fsp3) is 0.845. The molecule has 0 saturated heterocycles. The molecular formula is C58H112N2O6P+. The van der Waals surface area contributed by atoms with Crippen LogP contribution >= 0.6 is 7.82 Å². The first-order valence-corrected chi connectivity index (χ1v) is 30.0. The normalized spacial score (nSPS) is 14.3. The van der Waals surface area contributed by atoms with E-state index in [1.807, 2.05) is 27.2 Å². The number of nitrogens with zero attached hydrogens (tertiary/aromatic N) is 1. The lowest BCUT2D eigenvalue weighted by Crippen LogP contribution is -2.45. The van der Waals surface area contributed by atoms with Crippen molar-refractivity contribution in [1.82, 2.24) is 5.32 Å². The van der Waals surface area contributed by atoms with Crippen LogP contribution in [-0.4, -0.2) is 73.4 Å². The van der Waals surface area contributed by atoms with Gasteiger partial charge in [0.15, 0.2) is 0 Å². The van der Waals surface area contributed by atoms with Crippen molar-refractivity contribution < 1.29 is 32.9 Å². The van der Waals surface area contributed by atoms with Crippen LogP contribution in [-0.2, 0) is 18.4 Å². The average Bonchev–Trinajstić information content (AvgIpc) is 3.29. The SMILES string of the molecule is CCCCCCC/C=C\C/C=C\C/C=C\CCCCCCCCCCCCCCCCCCCCC(=O)NC(COP(=O)(O)OCC[N+](C)(C)C)C(O)/C=C/CCCCCCCCCCCC. The number of carbonyl (C=O) groups is 1. The summed E-state index contributed by atoms with van der Waals surface area (Å²) >= 11 is 0. The monoisotopic (exact) mass is 964 g/mol. The van der Waals surface area contributed by atoms with Crippen molar-refractivity contribution in [2.45, 2.75) is 276 Å². The highest BCUT2D eigenvalue weighted by atomic mass is 31.2. The number of amides is 1. The van der Waals surface area contributed by atoms with Crippen LogP contribution in [0.3, 0.4) is 0 Å². The van der Waals surface area contributed by atoms with Gasteiger partial charge in [0.1, 0.15) is 13.2 Å². The third-order valence-electron chi connectivity index (χ3n) is 12.8. The average molecular weight is 965 g/mol. The Morgan fingerprint density at radius 2 is 0.851 bits per heavy atom. The van der Waals surface area contributed by atoms with Gasteiger partial charge in [0.05, 0.1) is 39.9 Å². The van der Waals surface area contributed by atoms with Gasteiger partial charge in [-0.25, -0.2) is 4.57 Å². The molecule has 8 nitrogen and oxygen atoms in total. The van der Waals surface area contributed by atoms with Crippen LogP contribution in [0.1, 0.15) is 264 Å². The van der Waals surface area contributed by atoms with Crippen LogP contribution in [0.15, 0.2) is 48.6 Å². The van der Waals surface area contributed by atoms with Crippen molar-refractivity contribution in [2.75, 3.05) is 40.9 Å². The maximum atomic E-state index is 12.9. The van der Waals surface area contributed by atoms with Gasteiger partial charge in [-0.1, -0.05) is 249 Å². The van der Waals surface area contributed by atoms with E-state index in [0.717, 1.165) is 51.4 Å². The summed E-state index contributed by atoms with van der Waals surface area (Å²) in [7, 11) is 1.58. The summed E-state index contributed by atoms with van der Waals surface area (Å²) in [4.78, 5) is 23.2. The summed E-state index contributed by atoms with van der Waals surface area (Å²) in [6.45, 7) is 4.81. The molecule has 3 atom stereocenters. The first kappa shape index (κ1) is 65.5. The second kappa shape index (κ2) is 49.4. The molecule has 0 aromatic carbocycles. The lowest BCUT2D eigenvalue weighted by Gasteiger charge is -2.25. The number of quaternary nitrogens is 1. The summed E-state index contributed by atoms with van der Waals surface area (Å²) in [5.74, 6) is -0.176. The second-order valence-electron chi connectivity index (χ2n) is 20.7. The maximum Gasteiger partial charge on any atom is 0.472 e. The minimum atomic E-state index is -4.34. The number of aliphatic hydroxyl groups is 1. The van der Waals surface area contributed by atoms with Gasteiger partial charge in [0.25, 0.3) is 0 Å². The van der Waals surface area contributed by atoms with E-state index < -0.39 is 20.0 Å². The molecule has 0 radical (unpaired) electrons. The third-order valence-corrected chi connectivity index (χ3v) is 13.8. The number of unbranched alkanes of at least 4 members (excludes halogenated alkanes) is 33. The van der Waals surface area contributed by atoms with E-state index in [4.69, 9.17) is 9.05 Å². The van der Waals surface area contributed by atoms with Crippen molar-refractivity contribution in [3.63, 3.8) is 0 Å². The number of phosphoric ester groups is 1. The molecule has 3 unspecified atom stereocenters. The van der Waals surface area contributed by atoms with Crippen molar-refractivity contribution in [3.05, 3.63) is 48.6 Å². The number of hydrogen-bond donors (Lipinski definition) is 3. The van der Waals surface area contributed by atoms with E-state index >= 15 is 0 Å². The summed E-state index contributed by atoms with van der Waals surface area (Å²) in [5.41, 5.74) is 0. The van der Waals surface area contributed by atoms with Crippen LogP contribution in [0.25, 0.3) is 0 Å². The molecule has 0 rings (SSSR count). The lowest BCUT2D eigenvalue weighted by molar-refractivity contribution is -0.870. The molecule has 0 spiro atoms. The van der Waals surface area contributed by atoms with Crippen LogP contribution in [0.2, 0.25) is 0 Å². The van der Waals surface area contributed by atoms with E-state index in [0.29, 0.717) is 17.4 Å². The van der Waals surface area contributed by atoms with E-state index in [1.54, 1.807) is 6.08 Å². The minimum absolute atomic E-state index is 0.0619. The molecule has 3 N–H and O–H groups in total. The van der Waals surface area contributed by atoms with Crippen LogP contribution < -0.4 is 5.32 Å². The van der Waals surface area contributed by atoms with Gasteiger partial charge < -0.3 is 19.8 Å². The number of likely N-dealkylation sites (N-methyl/N-ethyl adjacent to an activating group) is 1. The fourth-order valence-electron chi connectivity index (χ4n) is 8.29. The predicted octanol–water partition coefficient (Wildman–Crippen LogP) is 17.2. The summed E-state index contributed by atoms with van der Waals surface area (Å²) in [6, 6.07) is -0.845. The van der Waals surface area contributed by atoms with E-state index in [9.17, 15) is 19.4 Å². The minimum Gasteiger partial charge on any atom is -0.387 e. The van der Waals surface area contributed by atoms with E-state index in [2.05, 4.69) is 55.6 Å². The number of phosphoric acid groups is 1. The number of aliphatic hydroxyl groups excluding tert-OH is 1. The summed E-state index contributed by atoms with van der Waals surface area (Å²) in [6.07, 6.45) is 65.0. The zero-order chi connectivity index (χ0) is 49.2. The van der Waals surface area contributed by atoms with Crippen LogP contribution in [0, 0.1) is 0 Å². The molecule has 9 heteroatoms. The Kier molecular flexibility index (Phi) is 48.3. The van der Waals surface area contributed by atoms with Crippen molar-refractivity contribution >= 4 is 13.7 Å². The Morgan fingerprint density at radius 3 is 1.24 bits per heavy atom. The van der Waals surface area contributed by atoms with Gasteiger partial charge >= 0.3 is 7.82 Å². The molecule has 1 amide bonds. The zero-order valence-electron chi connectivity index (χ0n) is 44.9. The highest BCUT2D eigenvalue weighted by molar-refractivity contribution is 7.47. The number of allylic oxidation sites excluding steroid dienone is 7. The first-order valence-electron chi connectivity index (χ1n) is 28.5. The highest BCUT2D eigenvalue weighted by Crippen LogP contribution is 2.43. The summed E-state index contributed by atoms with van der Waals surface area (Å²) < 4.78 is 23.6. The maximum absolute atomic E-state index is 12.9. The van der Waals surface area contributed by atoms with Crippen LogP contribution in [0.4, 0.5) is 0 Å². The van der Waals surface area contributed by atoms with Gasteiger partial charge in [0, 0.05) is 6.42 Å². The molecule has 0 bridgehead atoms. The largest absolute Gasteiger partial charge is 0.472 e. The molecule has 67 heavy (non-hydrogen) atoms. The first-order chi connectivity index (χ1) is 32.5. The second-order valence-corrected chi connectivity index (χ2v) is 22.1. The number of hydrogen-bond acceptors (Lipinski definition) is 5. The molecule has 0 heterocycles. The van der Waals surface area contributed by atoms with Gasteiger partial charge in [-0.2, -0.15) is 0 Å². The lowest BCUT2D eigenvalue weighted by atomic mass is 10.0. The molecule has 394 valence electrons. The molecule has 0 saturated carbocycles. The van der Waals surface area contributed by atoms with Crippen LogP contribution in [0.5, 0.6) is 0 Å². The van der Waals surface area contributed by atoms with Crippen molar-refractivity contribution in [3.8, 4) is 0 Å². The van der Waals surface area contributed by atoms with E-state index in [1.165, 1.54) is 193 Å². The quantitative estimate of drug-likeness (QED) is 0.0243. The molecule has 0 aromatic rings. The zero-order valence-corrected chi connectivity index (χ0v) is 45.8. The Morgan fingerprint density at radius 1 is 0.507 bits per heavy atom. The molecule has 0 aliphatic carbocycles. The summed E-state index contributed by atoms with van der Waals surface area (Å²) in [5, 5.41) is 13.9. The molecular weight excluding hydrogens is 852 g/mol. The molecule has 0 aliphatic heterocycles. The molecule has 0 aromatic heterocycles. The van der Waals surface area contributed by atoms with Crippen molar-refractivity contribution in [1.29, 1.82) is 0 Å². The Bertz CT molecular complexity index is 1230. The number of rotatable bonds is 52. The topological polar surface area (TPSA) is 105 Å². The van der Waals surface area contributed by atoms with E-state index in [-0.39, 0.29) is 19.1 Å². The van der Waals surface area contributed by atoms with Gasteiger partial charge in [-0.05, 0) is 57.8 Å². The van der Waals surface area contributed by atoms with Gasteiger partial charge in [-0.3, -0.25) is 13.8 Å². The predicted molar refractivity (Wildman–Crippen MR) is 291 cm³/mol. The molecule has 0 fully saturated rings. The Labute approximate surface area is 416 Å².